The van der Waals surface area contributed by atoms with Crippen LogP contribution in [0.3, 0.4) is 0 Å². The van der Waals surface area contributed by atoms with Crippen LogP contribution in [0.25, 0.3) is 23.0 Å². The highest BCUT2D eigenvalue weighted by molar-refractivity contribution is 5.63. The summed E-state index contributed by atoms with van der Waals surface area (Å²) in [5, 5.41) is 13.3. The van der Waals surface area contributed by atoms with Gasteiger partial charge in [-0.2, -0.15) is 4.98 Å². The molecule has 0 bridgehead atoms. The number of rotatable bonds is 2. The van der Waals surface area contributed by atoms with Crippen LogP contribution in [-0.2, 0) is 0 Å². The molecular formula is C13H7F2N3O2. The summed E-state index contributed by atoms with van der Waals surface area (Å²) in [7, 11) is 0. The molecule has 0 radical (unpaired) electrons. The molecule has 3 rings (SSSR count). The third-order valence-electron chi connectivity index (χ3n) is 2.57. The van der Waals surface area contributed by atoms with Crippen LogP contribution in [0.15, 0.2) is 41.1 Å². The van der Waals surface area contributed by atoms with Crippen molar-refractivity contribution in [3.8, 4) is 28.7 Å². The normalized spacial score (nSPS) is 10.7. The van der Waals surface area contributed by atoms with Gasteiger partial charge in [0.2, 0.25) is 5.82 Å². The van der Waals surface area contributed by atoms with Gasteiger partial charge in [0.05, 0.1) is 11.8 Å². The maximum absolute atomic E-state index is 12.9. The molecule has 20 heavy (non-hydrogen) atoms. The van der Waals surface area contributed by atoms with Gasteiger partial charge in [-0.05, 0) is 24.3 Å². The maximum atomic E-state index is 12.9. The lowest BCUT2D eigenvalue weighted by Gasteiger charge is -1.98. The minimum absolute atomic E-state index is 0.0172. The Hall–Kier alpha value is -2.83. The number of nitrogens with zero attached hydrogens (tertiary/aromatic N) is 3. The van der Waals surface area contributed by atoms with Crippen molar-refractivity contribution in [2.24, 2.45) is 0 Å². The molecular weight excluding hydrogens is 268 g/mol. The van der Waals surface area contributed by atoms with E-state index < -0.39 is 11.6 Å². The SMILES string of the molecule is Oc1cc(F)ccc1-c1nc(-c2ccc(F)cn2)no1. The number of phenols is 1. The van der Waals surface area contributed by atoms with Crippen LogP contribution in [0.5, 0.6) is 5.75 Å². The summed E-state index contributed by atoms with van der Waals surface area (Å²) in [4.78, 5) is 7.84. The summed E-state index contributed by atoms with van der Waals surface area (Å²) in [5.41, 5.74) is 0.523. The van der Waals surface area contributed by atoms with Crippen molar-refractivity contribution < 1.29 is 18.4 Å². The Balaban J connectivity index is 1.99. The van der Waals surface area contributed by atoms with Crippen LogP contribution >= 0.6 is 0 Å². The Morgan fingerprint density at radius 1 is 1.05 bits per heavy atom. The molecule has 100 valence electrons. The van der Waals surface area contributed by atoms with Crippen LogP contribution in [-0.4, -0.2) is 20.2 Å². The first-order valence-corrected chi connectivity index (χ1v) is 5.58. The lowest BCUT2D eigenvalue weighted by molar-refractivity contribution is 0.424. The minimum Gasteiger partial charge on any atom is -0.507 e. The average Bonchev–Trinajstić information content (AvgIpc) is 2.89. The van der Waals surface area contributed by atoms with Crippen molar-refractivity contribution in [3.63, 3.8) is 0 Å². The molecule has 5 nitrogen and oxygen atoms in total. The van der Waals surface area contributed by atoms with Gasteiger partial charge in [-0.1, -0.05) is 5.16 Å². The van der Waals surface area contributed by atoms with Crippen molar-refractivity contribution in [2.75, 3.05) is 0 Å². The standard InChI is InChI=1S/C13H7F2N3O2/c14-7-1-3-9(11(19)5-7)13-17-12(18-20-13)10-4-2-8(15)6-16-10/h1-6,19H. The predicted octanol–water partition coefficient (Wildman–Crippen LogP) is 2.78. The van der Waals surface area contributed by atoms with Gasteiger partial charge < -0.3 is 9.63 Å². The molecule has 0 aliphatic rings. The molecule has 0 aliphatic carbocycles. The van der Waals surface area contributed by atoms with E-state index in [1.54, 1.807) is 0 Å². The van der Waals surface area contributed by atoms with E-state index in [-0.39, 0.29) is 23.0 Å². The number of halogens is 2. The molecule has 3 aromatic rings. The van der Waals surface area contributed by atoms with E-state index >= 15 is 0 Å². The predicted molar refractivity (Wildman–Crippen MR) is 64.5 cm³/mol. The van der Waals surface area contributed by atoms with Gasteiger partial charge in [0, 0.05) is 6.07 Å². The fourth-order valence-electron chi connectivity index (χ4n) is 1.63. The largest absolute Gasteiger partial charge is 0.507 e. The minimum atomic E-state index is -0.578. The maximum Gasteiger partial charge on any atom is 0.262 e. The quantitative estimate of drug-likeness (QED) is 0.778. The molecule has 0 unspecified atom stereocenters. The molecule has 2 heterocycles. The Labute approximate surface area is 111 Å². The van der Waals surface area contributed by atoms with E-state index in [4.69, 9.17) is 4.52 Å². The number of phenolic OH excluding ortho intramolecular Hbond substituents is 1. The molecule has 0 saturated carbocycles. The number of benzene rings is 1. The molecule has 2 aromatic heterocycles. The molecule has 1 aromatic carbocycles. The van der Waals surface area contributed by atoms with E-state index in [1.807, 2.05) is 0 Å². The summed E-state index contributed by atoms with van der Waals surface area (Å²) in [6, 6.07) is 6.03. The molecule has 0 fully saturated rings. The Kier molecular flexibility index (Phi) is 2.86. The second kappa shape index (κ2) is 4.69. The van der Waals surface area contributed by atoms with E-state index in [9.17, 15) is 13.9 Å². The number of pyridine rings is 1. The Bertz CT molecular complexity index is 757. The summed E-state index contributed by atoms with van der Waals surface area (Å²) in [6.07, 6.45) is 1.03. The number of aromatic hydroxyl groups is 1. The van der Waals surface area contributed by atoms with Gasteiger partial charge in [-0.25, -0.2) is 13.8 Å². The van der Waals surface area contributed by atoms with Crippen molar-refractivity contribution in [1.82, 2.24) is 15.1 Å². The van der Waals surface area contributed by atoms with Crippen molar-refractivity contribution in [1.29, 1.82) is 0 Å². The van der Waals surface area contributed by atoms with Crippen molar-refractivity contribution >= 4 is 0 Å². The highest BCUT2D eigenvalue weighted by atomic mass is 19.1. The van der Waals surface area contributed by atoms with E-state index in [0.29, 0.717) is 5.69 Å². The van der Waals surface area contributed by atoms with Crippen LogP contribution in [0.1, 0.15) is 0 Å². The van der Waals surface area contributed by atoms with E-state index in [2.05, 4.69) is 15.1 Å². The smallest absolute Gasteiger partial charge is 0.262 e. The van der Waals surface area contributed by atoms with Crippen LogP contribution in [0, 0.1) is 11.6 Å². The third kappa shape index (κ3) is 2.20. The zero-order valence-corrected chi connectivity index (χ0v) is 9.92. The monoisotopic (exact) mass is 275 g/mol. The summed E-state index contributed by atoms with van der Waals surface area (Å²) >= 11 is 0. The summed E-state index contributed by atoms with van der Waals surface area (Å²) in [6.45, 7) is 0. The van der Waals surface area contributed by atoms with Crippen molar-refractivity contribution in [2.45, 2.75) is 0 Å². The second-order valence-electron chi connectivity index (χ2n) is 3.95. The van der Waals surface area contributed by atoms with Gasteiger partial charge in [0.15, 0.2) is 0 Å². The molecule has 0 amide bonds. The lowest BCUT2D eigenvalue weighted by Crippen LogP contribution is -1.87. The zero-order valence-electron chi connectivity index (χ0n) is 9.92. The summed E-state index contributed by atoms with van der Waals surface area (Å²) < 4.78 is 30.6. The highest BCUT2D eigenvalue weighted by Crippen LogP contribution is 2.29. The average molecular weight is 275 g/mol. The third-order valence-corrected chi connectivity index (χ3v) is 2.57. The molecule has 7 heteroatoms. The molecule has 0 spiro atoms. The Morgan fingerprint density at radius 2 is 1.85 bits per heavy atom. The van der Waals surface area contributed by atoms with Gasteiger partial charge >= 0.3 is 0 Å². The fourth-order valence-corrected chi connectivity index (χ4v) is 1.63. The molecule has 0 aliphatic heterocycles. The van der Waals surface area contributed by atoms with E-state index in [0.717, 1.165) is 18.3 Å². The van der Waals surface area contributed by atoms with E-state index in [1.165, 1.54) is 18.2 Å². The van der Waals surface area contributed by atoms with Crippen LogP contribution < -0.4 is 0 Å². The van der Waals surface area contributed by atoms with Gasteiger partial charge in [0.25, 0.3) is 5.89 Å². The number of hydrogen-bond donors (Lipinski definition) is 1. The van der Waals surface area contributed by atoms with Gasteiger partial charge in [-0.3, -0.25) is 0 Å². The van der Waals surface area contributed by atoms with Gasteiger partial charge in [0.1, 0.15) is 23.1 Å². The number of aromatic nitrogens is 3. The molecule has 1 N–H and O–H groups in total. The first-order chi connectivity index (χ1) is 9.63. The van der Waals surface area contributed by atoms with Crippen LogP contribution in [0.2, 0.25) is 0 Å². The van der Waals surface area contributed by atoms with Crippen molar-refractivity contribution in [3.05, 3.63) is 48.2 Å². The topological polar surface area (TPSA) is 72.0 Å². The van der Waals surface area contributed by atoms with Crippen LogP contribution in [0.4, 0.5) is 8.78 Å². The molecule has 0 saturated heterocycles. The highest BCUT2D eigenvalue weighted by Gasteiger charge is 2.15. The lowest BCUT2D eigenvalue weighted by atomic mass is 10.2. The van der Waals surface area contributed by atoms with Gasteiger partial charge in [-0.15, -0.1) is 0 Å². The summed E-state index contributed by atoms with van der Waals surface area (Å²) in [5.74, 6) is -1.21. The fraction of sp³-hybridized carbons (Fsp3) is 0. The molecule has 0 atom stereocenters. The first-order valence-electron chi connectivity index (χ1n) is 5.58. The first kappa shape index (κ1) is 12.2. The number of hydrogen-bond acceptors (Lipinski definition) is 5. The second-order valence-corrected chi connectivity index (χ2v) is 3.95. The Morgan fingerprint density at radius 3 is 2.55 bits per heavy atom. The zero-order chi connectivity index (χ0) is 14.1.